The maximum Gasteiger partial charge on any atom is 0.407 e. The molecule has 0 aliphatic heterocycles. The lowest BCUT2D eigenvalue weighted by Crippen LogP contribution is -2.32. The van der Waals surface area contributed by atoms with E-state index in [2.05, 4.69) is 15.3 Å². The molecule has 0 fully saturated rings. The standard InChI is InChI=1S/C14H16ClN3O2/c1-14(2,3)20-13(19)18-8-9-10(15)4-5-11-12(9)17-7-6-16-11/h4-7H,8H2,1-3H3,(H,18,19). The van der Waals surface area contributed by atoms with Crippen molar-refractivity contribution in [2.45, 2.75) is 32.9 Å². The van der Waals surface area contributed by atoms with Crippen molar-refractivity contribution in [1.29, 1.82) is 0 Å². The van der Waals surface area contributed by atoms with Gasteiger partial charge in [0.05, 0.1) is 11.0 Å². The van der Waals surface area contributed by atoms with Crippen LogP contribution in [0.5, 0.6) is 0 Å². The Balaban J connectivity index is 2.18. The molecule has 6 heteroatoms. The molecule has 106 valence electrons. The van der Waals surface area contributed by atoms with Crippen LogP contribution in [0.1, 0.15) is 26.3 Å². The van der Waals surface area contributed by atoms with E-state index in [0.717, 1.165) is 11.1 Å². The predicted molar refractivity (Wildman–Crippen MR) is 77.6 cm³/mol. The third-order valence-electron chi connectivity index (χ3n) is 2.50. The first-order valence-electron chi connectivity index (χ1n) is 6.22. The van der Waals surface area contributed by atoms with Gasteiger partial charge in [0, 0.05) is 29.5 Å². The van der Waals surface area contributed by atoms with Gasteiger partial charge < -0.3 is 10.1 Å². The molecule has 0 atom stereocenters. The summed E-state index contributed by atoms with van der Waals surface area (Å²) >= 11 is 6.16. The molecule has 1 heterocycles. The third kappa shape index (κ3) is 3.57. The minimum atomic E-state index is -0.535. The van der Waals surface area contributed by atoms with E-state index in [1.54, 1.807) is 24.5 Å². The van der Waals surface area contributed by atoms with E-state index in [4.69, 9.17) is 16.3 Å². The van der Waals surface area contributed by atoms with E-state index < -0.39 is 11.7 Å². The fourth-order valence-corrected chi connectivity index (χ4v) is 1.93. The molecule has 0 saturated heterocycles. The Morgan fingerprint density at radius 2 is 2.00 bits per heavy atom. The molecule has 0 spiro atoms. The second kappa shape index (κ2) is 5.63. The summed E-state index contributed by atoms with van der Waals surface area (Å²) in [5.74, 6) is 0. The molecule has 0 radical (unpaired) electrons. The molecule has 1 aromatic heterocycles. The van der Waals surface area contributed by atoms with E-state index in [1.165, 1.54) is 0 Å². The first-order valence-corrected chi connectivity index (χ1v) is 6.59. The van der Waals surface area contributed by atoms with Crippen molar-refractivity contribution in [1.82, 2.24) is 15.3 Å². The van der Waals surface area contributed by atoms with Gasteiger partial charge in [0.25, 0.3) is 0 Å². The molecule has 2 aromatic rings. The lowest BCUT2D eigenvalue weighted by Gasteiger charge is -2.20. The monoisotopic (exact) mass is 293 g/mol. The Morgan fingerprint density at radius 1 is 1.30 bits per heavy atom. The quantitative estimate of drug-likeness (QED) is 0.922. The Morgan fingerprint density at radius 3 is 2.70 bits per heavy atom. The highest BCUT2D eigenvalue weighted by molar-refractivity contribution is 6.32. The zero-order valence-corrected chi connectivity index (χ0v) is 12.4. The zero-order chi connectivity index (χ0) is 14.8. The van der Waals surface area contributed by atoms with Gasteiger partial charge in [-0.05, 0) is 32.9 Å². The Kier molecular flexibility index (Phi) is 4.09. The predicted octanol–water partition coefficient (Wildman–Crippen LogP) is 3.31. The van der Waals surface area contributed by atoms with Crippen LogP contribution in [0.2, 0.25) is 5.02 Å². The topological polar surface area (TPSA) is 64.1 Å². The van der Waals surface area contributed by atoms with Crippen LogP contribution >= 0.6 is 11.6 Å². The van der Waals surface area contributed by atoms with E-state index in [0.29, 0.717) is 10.5 Å². The molecule has 1 amide bonds. The number of rotatable bonds is 2. The molecule has 0 unspecified atom stereocenters. The molecule has 20 heavy (non-hydrogen) atoms. The van der Waals surface area contributed by atoms with Crippen molar-refractivity contribution >= 4 is 28.7 Å². The van der Waals surface area contributed by atoms with Gasteiger partial charge >= 0.3 is 6.09 Å². The summed E-state index contributed by atoms with van der Waals surface area (Å²) in [7, 11) is 0. The number of nitrogens with zero attached hydrogens (tertiary/aromatic N) is 2. The fourth-order valence-electron chi connectivity index (χ4n) is 1.71. The molecule has 1 N–H and O–H groups in total. The number of carbonyl (C=O) groups excluding carboxylic acids is 1. The van der Waals surface area contributed by atoms with E-state index in [9.17, 15) is 4.79 Å². The normalized spacial score (nSPS) is 11.4. The first-order chi connectivity index (χ1) is 9.37. The molecule has 0 aliphatic rings. The van der Waals surface area contributed by atoms with Gasteiger partial charge in [-0.25, -0.2) is 4.79 Å². The van der Waals surface area contributed by atoms with Crippen molar-refractivity contribution in [3.8, 4) is 0 Å². The highest BCUT2D eigenvalue weighted by Gasteiger charge is 2.17. The van der Waals surface area contributed by atoms with Crippen molar-refractivity contribution in [2.75, 3.05) is 0 Å². The smallest absolute Gasteiger partial charge is 0.407 e. The Bertz CT molecular complexity index is 638. The number of amides is 1. The van der Waals surface area contributed by atoms with E-state index in [1.807, 2.05) is 20.8 Å². The van der Waals surface area contributed by atoms with Crippen LogP contribution < -0.4 is 5.32 Å². The second-order valence-corrected chi connectivity index (χ2v) is 5.71. The summed E-state index contributed by atoms with van der Waals surface area (Å²) in [4.78, 5) is 20.1. The summed E-state index contributed by atoms with van der Waals surface area (Å²) in [5, 5.41) is 3.21. The lowest BCUT2D eigenvalue weighted by molar-refractivity contribution is 0.0524. The van der Waals surface area contributed by atoms with Gasteiger partial charge in [0.2, 0.25) is 0 Å². The third-order valence-corrected chi connectivity index (χ3v) is 2.85. The Labute approximate surface area is 122 Å². The number of carbonyl (C=O) groups is 1. The number of hydrogen-bond acceptors (Lipinski definition) is 4. The molecular weight excluding hydrogens is 278 g/mol. The van der Waals surface area contributed by atoms with E-state index >= 15 is 0 Å². The lowest BCUT2D eigenvalue weighted by atomic mass is 10.1. The fraction of sp³-hybridized carbons (Fsp3) is 0.357. The van der Waals surface area contributed by atoms with Crippen molar-refractivity contribution in [3.63, 3.8) is 0 Å². The van der Waals surface area contributed by atoms with Crippen LogP contribution in [0.4, 0.5) is 4.79 Å². The SMILES string of the molecule is CC(C)(C)OC(=O)NCc1c(Cl)ccc2nccnc12. The highest BCUT2D eigenvalue weighted by atomic mass is 35.5. The van der Waals surface area contributed by atoms with Crippen LogP contribution in [0.15, 0.2) is 24.5 Å². The van der Waals surface area contributed by atoms with Gasteiger partial charge in [-0.15, -0.1) is 0 Å². The van der Waals surface area contributed by atoms with Gasteiger partial charge in [-0.2, -0.15) is 0 Å². The maximum absolute atomic E-state index is 11.7. The zero-order valence-electron chi connectivity index (χ0n) is 11.6. The molecule has 0 bridgehead atoms. The molecule has 5 nitrogen and oxygen atoms in total. The van der Waals surface area contributed by atoms with E-state index in [-0.39, 0.29) is 6.54 Å². The summed E-state index contributed by atoms with van der Waals surface area (Å²) in [6.45, 7) is 5.67. The first kappa shape index (κ1) is 14.5. The second-order valence-electron chi connectivity index (χ2n) is 5.31. The maximum atomic E-state index is 11.7. The van der Waals surface area contributed by atoms with Crippen LogP contribution in [0.3, 0.4) is 0 Å². The number of fused-ring (bicyclic) bond motifs is 1. The molecular formula is C14H16ClN3O2. The Hall–Kier alpha value is -1.88. The minimum Gasteiger partial charge on any atom is -0.444 e. The largest absolute Gasteiger partial charge is 0.444 e. The number of ether oxygens (including phenoxy) is 1. The number of nitrogens with one attached hydrogen (secondary N) is 1. The number of halogens is 1. The average molecular weight is 294 g/mol. The van der Waals surface area contributed by atoms with Gasteiger partial charge in [0.15, 0.2) is 0 Å². The average Bonchev–Trinajstić information content (AvgIpc) is 2.35. The van der Waals surface area contributed by atoms with Crippen molar-refractivity contribution < 1.29 is 9.53 Å². The van der Waals surface area contributed by atoms with Gasteiger partial charge in [0.1, 0.15) is 5.60 Å². The van der Waals surface area contributed by atoms with Crippen LogP contribution in [-0.2, 0) is 11.3 Å². The summed E-state index contributed by atoms with van der Waals surface area (Å²) in [6, 6.07) is 3.53. The minimum absolute atomic E-state index is 0.240. The van der Waals surface area contributed by atoms with Gasteiger partial charge in [-0.3, -0.25) is 9.97 Å². The van der Waals surface area contributed by atoms with Crippen LogP contribution in [0.25, 0.3) is 11.0 Å². The van der Waals surface area contributed by atoms with Gasteiger partial charge in [-0.1, -0.05) is 11.6 Å². The highest BCUT2D eigenvalue weighted by Crippen LogP contribution is 2.23. The molecule has 0 aliphatic carbocycles. The molecule has 2 rings (SSSR count). The van der Waals surface area contributed by atoms with Crippen LogP contribution in [0, 0.1) is 0 Å². The summed E-state index contributed by atoms with van der Waals surface area (Å²) in [5.41, 5.74) is 1.60. The number of hydrogen-bond donors (Lipinski definition) is 1. The van der Waals surface area contributed by atoms with Crippen molar-refractivity contribution in [2.24, 2.45) is 0 Å². The molecule has 0 saturated carbocycles. The number of alkyl carbamates (subject to hydrolysis) is 1. The summed E-state index contributed by atoms with van der Waals surface area (Å²) in [6.07, 6.45) is 2.71. The number of benzene rings is 1. The van der Waals surface area contributed by atoms with Crippen LogP contribution in [-0.4, -0.2) is 21.7 Å². The molecule has 1 aromatic carbocycles. The van der Waals surface area contributed by atoms with Crippen molar-refractivity contribution in [3.05, 3.63) is 35.1 Å². The number of aromatic nitrogens is 2. The summed E-state index contributed by atoms with van der Waals surface area (Å²) < 4.78 is 5.18.